The molecule has 31 heavy (non-hydrogen) atoms. The fourth-order valence-corrected chi connectivity index (χ4v) is 3.52. The normalized spacial score (nSPS) is 10.6. The number of hydrogen-bond acceptors (Lipinski definition) is 1. The Morgan fingerprint density at radius 1 is 0.774 bits per heavy atom. The number of halogens is 5. The fourth-order valence-electron chi connectivity index (χ4n) is 3.52. The number of nitrogens with zero attached hydrogens (tertiary/aromatic N) is 2. The van der Waals surface area contributed by atoms with Gasteiger partial charge < -0.3 is 11.8 Å². The van der Waals surface area contributed by atoms with Crippen LogP contribution in [0.1, 0.15) is 0 Å². The summed E-state index contributed by atoms with van der Waals surface area (Å²) in [5.41, 5.74) is -0.447. The summed E-state index contributed by atoms with van der Waals surface area (Å²) in [5, 5.41) is 2.10. The minimum absolute atomic E-state index is 0. The molecule has 0 amide bonds. The summed E-state index contributed by atoms with van der Waals surface area (Å²) in [4.78, 5) is 4.20. The second-order valence-corrected chi connectivity index (χ2v) is 6.22. The van der Waals surface area contributed by atoms with Gasteiger partial charge in [-0.2, -0.15) is 0 Å². The van der Waals surface area contributed by atoms with Gasteiger partial charge in [-0.15, -0.1) is 29.7 Å². The van der Waals surface area contributed by atoms with Gasteiger partial charge in [0.05, 0.1) is 16.9 Å². The molecule has 0 saturated heterocycles. The van der Waals surface area contributed by atoms with Crippen LogP contribution in [-0.4, -0.2) is 9.38 Å². The number of aromatic nitrogens is 2. The molecule has 5 rings (SSSR count). The van der Waals surface area contributed by atoms with Gasteiger partial charge in [-0.05, 0) is 11.5 Å². The van der Waals surface area contributed by atoms with Gasteiger partial charge in [-0.25, -0.2) is 22.0 Å². The summed E-state index contributed by atoms with van der Waals surface area (Å²) in [6.45, 7) is 0. The molecule has 2 nitrogen and oxygen atoms in total. The first-order chi connectivity index (χ1) is 13.5. The number of rotatable bonds is 1. The molecule has 0 N–H and O–H groups in total. The third kappa shape index (κ3) is 3.64. The van der Waals surface area contributed by atoms with E-state index >= 15 is 0 Å². The van der Waals surface area contributed by atoms with Crippen molar-refractivity contribution < 1.29 is 74.8 Å². The zero-order chi connectivity index (χ0) is 19.6. The monoisotopic (exact) mass is 680 g/mol. The molecule has 2 heterocycles. The van der Waals surface area contributed by atoms with Gasteiger partial charge in [0, 0.05) is 64.5 Å². The Labute approximate surface area is 212 Å². The van der Waals surface area contributed by atoms with E-state index in [4.69, 9.17) is 0 Å². The van der Waals surface area contributed by atoms with Crippen LogP contribution in [0.3, 0.4) is 0 Å². The molecule has 0 aliphatic rings. The Kier molecular flexibility index (Phi) is 7.75. The average molecular weight is 679 g/mol. The third-order valence-electron chi connectivity index (χ3n) is 4.74. The molecule has 0 unspecified atom stereocenters. The molecule has 0 spiro atoms. The molecule has 2 radical (unpaired) electrons. The molecule has 0 aliphatic heterocycles. The predicted octanol–water partition coefficient (Wildman–Crippen LogP) is 6.25. The van der Waals surface area contributed by atoms with Crippen LogP contribution in [0.4, 0.5) is 22.0 Å². The summed E-state index contributed by atoms with van der Waals surface area (Å²) in [5.74, 6) is -10.0. The van der Waals surface area contributed by atoms with Crippen LogP contribution in [-0.2, 0) is 52.8 Å². The number of benzene rings is 3. The van der Waals surface area contributed by atoms with Gasteiger partial charge in [-0.3, -0.25) is 4.98 Å². The van der Waals surface area contributed by atoms with Crippen molar-refractivity contribution in [2.45, 2.75) is 0 Å². The number of imidazole rings is 1. The van der Waals surface area contributed by atoms with Crippen LogP contribution >= 0.6 is 0 Å². The van der Waals surface area contributed by atoms with E-state index in [1.165, 1.54) is 4.40 Å². The van der Waals surface area contributed by atoms with Crippen molar-refractivity contribution in [1.29, 1.82) is 0 Å². The summed E-state index contributed by atoms with van der Waals surface area (Å²) < 4.78 is 71.2. The molecular weight excluding hydrogens is 668 g/mol. The molecule has 3 aromatic carbocycles. The van der Waals surface area contributed by atoms with Crippen molar-refractivity contribution in [1.82, 2.24) is 9.38 Å². The standard InChI is InChI=1S/C21H8F5N2.CH3.Ir.Y/c22-16-15(17(23)19(25)20(26)18(16)24)14-9-27-21-12-7-2-1-5-10(12)11-6-3-4-8-13(11)28(14)21;;;/h1-6,8-9H;1H3;;/q2*-1;;. The van der Waals surface area contributed by atoms with Crippen LogP contribution < -0.4 is 0 Å². The van der Waals surface area contributed by atoms with Crippen molar-refractivity contribution in [3.8, 4) is 11.3 Å². The van der Waals surface area contributed by atoms with E-state index in [-0.39, 0.29) is 65.9 Å². The summed E-state index contributed by atoms with van der Waals surface area (Å²) in [6, 6.07) is 15.3. The van der Waals surface area contributed by atoms with Crippen LogP contribution in [0, 0.1) is 42.6 Å². The first-order valence-electron chi connectivity index (χ1n) is 8.21. The largest absolute Gasteiger partial charge is 0.358 e. The van der Waals surface area contributed by atoms with Gasteiger partial charge in [0.2, 0.25) is 5.82 Å². The number of para-hydroxylation sites is 1. The molecule has 0 atom stereocenters. The maximum absolute atomic E-state index is 14.4. The third-order valence-corrected chi connectivity index (χ3v) is 4.74. The molecule has 0 fully saturated rings. The van der Waals surface area contributed by atoms with E-state index < -0.39 is 34.6 Å². The Morgan fingerprint density at radius 3 is 2.03 bits per heavy atom. The summed E-state index contributed by atoms with van der Waals surface area (Å²) in [6.07, 6.45) is 1.10. The van der Waals surface area contributed by atoms with Crippen molar-refractivity contribution in [3.63, 3.8) is 0 Å². The maximum atomic E-state index is 14.4. The molecule has 5 aromatic rings. The van der Waals surface area contributed by atoms with Crippen molar-refractivity contribution >= 4 is 27.3 Å². The molecule has 0 saturated carbocycles. The Morgan fingerprint density at radius 2 is 1.35 bits per heavy atom. The maximum Gasteiger partial charge on any atom is 0.200 e. The minimum Gasteiger partial charge on any atom is -0.358 e. The van der Waals surface area contributed by atoms with Gasteiger partial charge >= 0.3 is 0 Å². The van der Waals surface area contributed by atoms with Gasteiger partial charge in [0.15, 0.2) is 23.3 Å². The van der Waals surface area contributed by atoms with Crippen LogP contribution in [0.2, 0.25) is 0 Å². The molecular formula is C22H11F5IrN2Y-2. The second kappa shape index (κ2) is 9.41. The molecule has 9 heteroatoms. The van der Waals surface area contributed by atoms with E-state index in [0.717, 1.165) is 17.0 Å². The fraction of sp³-hybridized carbons (Fsp3) is 0. The predicted molar refractivity (Wildman–Crippen MR) is 101 cm³/mol. The van der Waals surface area contributed by atoms with Gasteiger partial charge in [0.1, 0.15) is 0 Å². The van der Waals surface area contributed by atoms with E-state index in [0.29, 0.717) is 16.6 Å². The smallest absolute Gasteiger partial charge is 0.200 e. The molecule has 0 bridgehead atoms. The summed E-state index contributed by atoms with van der Waals surface area (Å²) in [7, 11) is 0. The van der Waals surface area contributed by atoms with Crippen molar-refractivity contribution in [3.05, 3.63) is 91.2 Å². The van der Waals surface area contributed by atoms with Crippen LogP contribution in [0.5, 0.6) is 0 Å². The van der Waals surface area contributed by atoms with E-state index in [1.807, 2.05) is 6.07 Å². The Bertz CT molecular complexity index is 1410. The minimum atomic E-state index is -2.20. The van der Waals surface area contributed by atoms with Crippen LogP contribution in [0.25, 0.3) is 38.6 Å². The van der Waals surface area contributed by atoms with E-state index in [2.05, 4.69) is 11.1 Å². The van der Waals surface area contributed by atoms with Crippen LogP contribution in [0.15, 0.2) is 48.7 Å². The number of hydrogen-bond donors (Lipinski definition) is 0. The number of pyridine rings is 1. The zero-order valence-electron chi connectivity index (χ0n) is 15.8. The molecule has 0 aliphatic carbocycles. The zero-order valence-corrected chi connectivity index (χ0v) is 21.0. The second-order valence-electron chi connectivity index (χ2n) is 6.22. The van der Waals surface area contributed by atoms with Gasteiger partial charge in [-0.1, -0.05) is 23.6 Å². The van der Waals surface area contributed by atoms with Gasteiger partial charge in [0.25, 0.3) is 0 Å². The van der Waals surface area contributed by atoms with Crippen molar-refractivity contribution in [2.24, 2.45) is 0 Å². The topological polar surface area (TPSA) is 17.3 Å². The first-order valence-corrected chi connectivity index (χ1v) is 8.21. The van der Waals surface area contributed by atoms with E-state index in [1.54, 1.807) is 36.4 Å². The Hall–Kier alpha value is -1.73. The van der Waals surface area contributed by atoms with Crippen molar-refractivity contribution in [2.75, 3.05) is 0 Å². The first kappa shape index (κ1) is 25.5. The Balaban J connectivity index is 0.00000114. The SMILES string of the molecule is Fc1c(F)c(F)c(-c2cnc3c4[c-]cccc4c4ccccc4n23)c(F)c1F.[CH3-].[Ir].[Y]. The summed E-state index contributed by atoms with van der Waals surface area (Å²) >= 11 is 0. The molecule has 158 valence electrons. The quantitative estimate of drug-likeness (QED) is 0.0674. The molecule has 2 aromatic heterocycles. The average Bonchev–Trinajstić information content (AvgIpc) is 3.16. The number of fused-ring (bicyclic) bond motifs is 6. The van der Waals surface area contributed by atoms with E-state index in [9.17, 15) is 22.0 Å².